The molecule has 0 unspecified atom stereocenters. The molecule has 0 atom stereocenters. The molecule has 0 radical (unpaired) electrons. The van der Waals surface area contributed by atoms with Crippen molar-refractivity contribution in [1.29, 1.82) is 0 Å². The Morgan fingerprint density at radius 3 is 1.91 bits per heavy atom. The molecule has 0 saturated carbocycles. The summed E-state index contributed by atoms with van der Waals surface area (Å²) >= 11 is 0. The highest BCUT2D eigenvalue weighted by atomic mass is 16.5. The van der Waals surface area contributed by atoms with Gasteiger partial charge in [-0.2, -0.15) is 0 Å². The van der Waals surface area contributed by atoms with Crippen LogP contribution >= 0.6 is 0 Å². The first-order valence-corrected chi connectivity index (χ1v) is 6.98. The first kappa shape index (κ1) is 14.1. The van der Waals surface area contributed by atoms with Crippen LogP contribution in [0.3, 0.4) is 0 Å². The number of hydrogen-bond donors (Lipinski definition) is 0. The van der Waals surface area contributed by atoms with Crippen molar-refractivity contribution >= 4 is 0 Å². The molecule has 22 heavy (non-hydrogen) atoms. The summed E-state index contributed by atoms with van der Waals surface area (Å²) in [6, 6.07) is 17.3. The van der Waals surface area contributed by atoms with Gasteiger partial charge in [0, 0.05) is 0 Å². The number of nitrogens with zero attached hydrogens (tertiary/aromatic N) is 2. The standard InChI is InChI=1S/C17H16N2O3/c1-13-7-9-15(10-8-13)21-12-17-19-18-16(22-17)11-20-14-5-3-2-4-6-14/h2-10H,11-12H2,1H3. The van der Waals surface area contributed by atoms with E-state index in [1.165, 1.54) is 5.56 Å². The van der Waals surface area contributed by atoms with Crippen LogP contribution in [0.1, 0.15) is 17.3 Å². The second kappa shape index (κ2) is 6.76. The smallest absolute Gasteiger partial charge is 0.254 e. The Hall–Kier alpha value is -2.82. The molecule has 0 N–H and O–H groups in total. The van der Waals surface area contributed by atoms with Gasteiger partial charge in [-0.1, -0.05) is 35.9 Å². The number of para-hydroxylation sites is 1. The molecule has 0 amide bonds. The number of aryl methyl sites for hydroxylation is 1. The van der Waals surface area contributed by atoms with Crippen molar-refractivity contribution in [3.05, 3.63) is 71.9 Å². The molecule has 2 aromatic carbocycles. The number of rotatable bonds is 6. The van der Waals surface area contributed by atoms with Crippen LogP contribution in [0.5, 0.6) is 11.5 Å². The van der Waals surface area contributed by atoms with Crippen LogP contribution in [0.2, 0.25) is 0 Å². The molecule has 1 aromatic heterocycles. The van der Waals surface area contributed by atoms with Crippen molar-refractivity contribution in [1.82, 2.24) is 10.2 Å². The quantitative estimate of drug-likeness (QED) is 0.696. The molecule has 0 aliphatic carbocycles. The zero-order valence-corrected chi connectivity index (χ0v) is 12.2. The first-order valence-electron chi connectivity index (χ1n) is 6.98. The van der Waals surface area contributed by atoms with Gasteiger partial charge >= 0.3 is 0 Å². The van der Waals surface area contributed by atoms with Crippen molar-refractivity contribution in [2.75, 3.05) is 0 Å². The third-order valence-electron chi connectivity index (χ3n) is 3.00. The average molecular weight is 296 g/mol. The van der Waals surface area contributed by atoms with E-state index >= 15 is 0 Å². The minimum Gasteiger partial charge on any atom is -0.484 e. The highest BCUT2D eigenvalue weighted by molar-refractivity contribution is 5.26. The summed E-state index contributed by atoms with van der Waals surface area (Å²) in [6.45, 7) is 2.50. The second-order valence-electron chi connectivity index (χ2n) is 4.79. The van der Waals surface area contributed by atoms with Gasteiger partial charge in [0.1, 0.15) is 11.5 Å². The molecule has 112 valence electrons. The fourth-order valence-electron chi connectivity index (χ4n) is 1.85. The van der Waals surface area contributed by atoms with E-state index < -0.39 is 0 Å². The highest BCUT2D eigenvalue weighted by Gasteiger charge is 2.07. The van der Waals surface area contributed by atoms with Crippen LogP contribution in [0.15, 0.2) is 59.0 Å². The second-order valence-corrected chi connectivity index (χ2v) is 4.79. The van der Waals surface area contributed by atoms with Gasteiger partial charge in [-0.15, -0.1) is 10.2 Å². The first-order chi connectivity index (χ1) is 10.8. The summed E-state index contributed by atoms with van der Waals surface area (Å²) in [4.78, 5) is 0. The van der Waals surface area contributed by atoms with Crippen molar-refractivity contribution in [3.8, 4) is 11.5 Å². The van der Waals surface area contributed by atoms with Crippen LogP contribution in [0.25, 0.3) is 0 Å². The van der Waals surface area contributed by atoms with Crippen LogP contribution in [0.4, 0.5) is 0 Å². The van der Waals surface area contributed by atoms with E-state index in [0.717, 1.165) is 11.5 Å². The third kappa shape index (κ3) is 3.85. The van der Waals surface area contributed by atoms with E-state index in [4.69, 9.17) is 13.9 Å². The lowest BCUT2D eigenvalue weighted by Crippen LogP contribution is -1.96. The molecule has 0 bridgehead atoms. The van der Waals surface area contributed by atoms with Gasteiger partial charge in [-0.05, 0) is 31.2 Å². The summed E-state index contributed by atoms with van der Waals surface area (Å²) in [5, 5.41) is 7.88. The topological polar surface area (TPSA) is 57.4 Å². The molecule has 0 fully saturated rings. The molecule has 0 aliphatic rings. The van der Waals surface area contributed by atoms with Crippen LogP contribution in [-0.2, 0) is 13.2 Å². The Morgan fingerprint density at radius 2 is 1.32 bits per heavy atom. The molecule has 0 spiro atoms. The molecule has 3 rings (SSSR count). The summed E-state index contributed by atoms with van der Waals surface area (Å²) in [5.74, 6) is 2.38. The van der Waals surface area contributed by atoms with Crippen LogP contribution in [0, 0.1) is 6.92 Å². The SMILES string of the molecule is Cc1ccc(OCc2nnc(COc3ccccc3)o2)cc1. The van der Waals surface area contributed by atoms with Crippen molar-refractivity contribution in [3.63, 3.8) is 0 Å². The number of benzene rings is 2. The van der Waals surface area contributed by atoms with E-state index in [2.05, 4.69) is 10.2 Å². The van der Waals surface area contributed by atoms with Crippen molar-refractivity contribution < 1.29 is 13.9 Å². The van der Waals surface area contributed by atoms with Crippen molar-refractivity contribution in [2.24, 2.45) is 0 Å². The number of hydrogen-bond acceptors (Lipinski definition) is 5. The molecular formula is C17H16N2O3. The highest BCUT2D eigenvalue weighted by Crippen LogP contribution is 2.14. The molecule has 5 nitrogen and oxygen atoms in total. The van der Waals surface area contributed by atoms with Gasteiger partial charge in [0.15, 0.2) is 13.2 Å². The normalized spacial score (nSPS) is 10.4. The largest absolute Gasteiger partial charge is 0.484 e. The zero-order chi connectivity index (χ0) is 15.2. The summed E-state index contributed by atoms with van der Waals surface area (Å²) in [6.07, 6.45) is 0. The van der Waals surface area contributed by atoms with Gasteiger partial charge < -0.3 is 13.9 Å². The van der Waals surface area contributed by atoms with E-state index in [0.29, 0.717) is 11.8 Å². The maximum absolute atomic E-state index is 5.59. The minimum absolute atomic E-state index is 0.237. The Kier molecular flexibility index (Phi) is 4.34. The minimum atomic E-state index is 0.237. The Balaban J connectivity index is 1.51. The number of ether oxygens (including phenoxy) is 2. The van der Waals surface area contributed by atoms with Gasteiger partial charge in [-0.3, -0.25) is 0 Å². The van der Waals surface area contributed by atoms with Gasteiger partial charge in [0.05, 0.1) is 0 Å². The van der Waals surface area contributed by atoms with Crippen LogP contribution < -0.4 is 9.47 Å². The molecule has 0 saturated heterocycles. The van der Waals surface area contributed by atoms with Gasteiger partial charge in [0.25, 0.3) is 11.8 Å². The molecule has 1 heterocycles. The molecule has 0 aliphatic heterocycles. The zero-order valence-electron chi connectivity index (χ0n) is 12.2. The molecule has 5 heteroatoms. The molecule has 3 aromatic rings. The summed E-state index contributed by atoms with van der Waals surface area (Å²) in [5.41, 5.74) is 1.19. The predicted molar refractivity (Wildman–Crippen MR) is 80.6 cm³/mol. The van der Waals surface area contributed by atoms with Crippen LogP contribution in [-0.4, -0.2) is 10.2 Å². The van der Waals surface area contributed by atoms with E-state index in [-0.39, 0.29) is 13.2 Å². The maximum Gasteiger partial charge on any atom is 0.254 e. The maximum atomic E-state index is 5.59. The van der Waals surface area contributed by atoms with E-state index in [1.54, 1.807) is 0 Å². The monoisotopic (exact) mass is 296 g/mol. The Labute approximate surface area is 128 Å². The average Bonchev–Trinajstić information content (AvgIpc) is 3.01. The fourth-order valence-corrected chi connectivity index (χ4v) is 1.85. The van der Waals surface area contributed by atoms with E-state index in [1.807, 2.05) is 61.5 Å². The summed E-state index contributed by atoms with van der Waals surface area (Å²) in [7, 11) is 0. The summed E-state index contributed by atoms with van der Waals surface area (Å²) < 4.78 is 16.6. The predicted octanol–water partition coefficient (Wildman–Crippen LogP) is 3.54. The Bertz CT molecular complexity index is 708. The third-order valence-corrected chi connectivity index (χ3v) is 3.00. The molecular weight excluding hydrogens is 280 g/mol. The van der Waals surface area contributed by atoms with Gasteiger partial charge in [0.2, 0.25) is 0 Å². The van der Waals surface area contributed by atoms with Crippen molar-refractivity contribution in [2.45, 2.75) is 20.1 Å². The lowest BCUT2D eigenvalue weighted by molar-refractivity contribution is 0.232. The van der Waals surface area contributed by atoms with Gasteiger partial charge in [-0.25, -0.2) is 0 Å². The lowest BCUT2D eigenvalue weighted by Gasteiger charge is -2.03. The Morgan fingerprint density at radius 1 is 0.773 bits per heavy atom. The number of aromatic nitrogens is 2. The lowest BCUT2D eigenvalue weighted by atomic mass is 10.2. The van der Waals surface area contributed by atoms with E-state index in [9.17, 15) is 0 Å². The fraction of sp³-hybridized carbons (Fsp3) is 0.176.